The molecular weight excluding hydrogens is 741 g/mol. The van der Waals surface area contributed by atoms with E-state index in [1.165, 1.54) is 103 Å². The van der Waals surface area contributed by atoms with E-state index in [2.05, 4.69) is 62.5 Å². The molecule has 2 rings (SSSR count). The molecule has 2 bridgehead atoms. The molecule has 0 aromatic rings. The van der Waals surface area contributed by atoms with Crippen LogP contribution in [0.1, 0.15) is 214 Å². The van der Waals surface area contributed by atoms with Gasteiger partial charge >= 0.3 is 23.9 Å². The third kappa shape index (κ3) is 19.4. The maximum atomic E-state index is 13.5. The van der Waals surface area contributed by atoms with E-state index in [0.29, 0.717) is 25.7 Å². The predicted octanol–water partition coefficient (Wildman–Crippen LogP) is 13.5. The van der Waals surface area contributed by atoms with Crippen molar-refractivity contribution >= 4 is 23.9 Å². The van der Waals surface area contributed by atoms with Gasteiger partial charge in [0.25, 0.3) is 0 Å². The smallest absolute Gasteiger partial charge is 0.351 e. The first-order valence-corrected chi connectivity index (χ1v) is 23.9. The van der Waals surface area contributed by atoms with Gasteiger partial charge in [-0.05, 0) is 71.1 Å². The zero-order valence-corrected chi connectivity index (χ0v) is 38.2. The summed E-state index contributed by atoms with van der Waals surface area (Å²) in [5.41, 5.74) is -2.92. The van der Waals surface area contributed by atoms with Crippen molar-refractivity contribution in [1.82, 2.24) is 0 Å². The van der Waals surface area contributed by atoms with Crippen LogP contribution in [-0.4, -0.2) is 48.8 Å². The minimum Gasteiger partial charge on any atom is -0.462 e. The quantitative estimate of drug-likeness (QED) is 0.0266. The summed E-state index contributed by atoms with van der Waals surface area (Å²) in [6, 6.07) is 0. The van der Waals surface area contributed by atoms with Crippen molar-refractivity contribution in [3.8, 4) is 0 Å². The first-order valence-electron chi connectivity index (χ1n) is 23.9. The molecule has 0 spiro atoms. The molecule has 1 aliphatic carbocycles. The highest BCUT2D eigenvalue weighted by Crippen LogP contribution is 2.65. The Balaban J connectivity index is 1.70. The van der Waals surface area contributed by atoms with Gasteiger partial charge in [-0.15, -0.1) is 0 Å². The van der Waals surface area contributed by atoms with Crippen LogP contribution in [0.3, 0.4) is 0 Å². The van der Waals surface area contributed by atoms with Crippen LogP contribution in [0.5, 0.6) is 0 Å². The molecule has 1 saturated carbocycles. The summed E-state index contributed by atoms with van der Waals surface area (Å²) in [4.78, 5) is 51.8. The SMILES string of the molecule is CCCCC/C=C\C/C=C\C/C=C\C/C=C\CCCC(=O)O[C@H](COC(=O)CCCCCCCCCCCCCCCCC)COC(=O)[C@]12CC[C@](C)(C(=O)O1)C2(C)C. The lowest BCUT2D eigenvalue weighted by molar-refractivity contribution is -0.188. The van der Waals surface area contributed by atoms with E-state index in [9.17, 15) is 19.2 Å². The predicted molar refractivity (Wildman–Crippen MR) is 240 cm³/mol. The molecule has 8 heteroatoms. The summed E-state index contributed by atoms with van der Waals surface area (Å²) >= 11 is 0. The van der Waals surface area contributed by atoms with Gasteiger partial charge in [0.2, 0.25) is 5.60 Å². The molecule has 0 amide bonds. The number of carbonyl (C=O) groups is 4. The Morgan fingerprint density at radius 2 is 1.00 bits per heavy atom. The van der Waals surface area contributed by atoms with Crippen molar-refractivity contribution in [2.24, 2.45) is 10.8 Å². The van der Waals surface area contributed by atoms with Crippen LogP contribution in [0.15, 0.2) is 48.6 Å². The van der Waals surface area contributed by atoms with Gasteiger partial charge in [-0.2, -0.15) is 0 Å². The summed E-state index contributed by atoms with van der Waals surface area (Å²) in [6.07, 6.45) is 45.6. The van der Waals surface area contributed by atoms with Crippen molar-refractivity contribution in [2.45, 2.75) is 226 Å². The monoisotopic (exact) mass is 825 g/mol. The van der Waals surface area contributed by atoms with Gasteiger partial charge in [-0.25, -0.2) is 4.79 Å². The zero-order chi connectivity index (χ0) is 43.1. The molecule has 2 fully saturated rings. The number of rotatable bonds is 36. The van der Waals surface area contributed by atoms with Gasteiger partial charge in [-0.3, -0.25) is 14.4 Å². The summed E-state index contributed by atoms with van der Waals surface area (Å²) < 4.78 is 22.6. The van der Waals surface area contributed by atoms with Crippen LogP contribution < -0.4 is 0 Å². The second-order valence-corrected chi connectivity index (χ2v) is 17.7. The van der Waals surface area contributed by atoms with Gasteiger partial charge in [0, 0.05) is 18.3 Å². The molecule has 336 valence electrons. The maximum Gasteiger partial charge on any atom is 0.351 e. The highest BCUT2D eigenvalue weighted by molar-refractivity contribution is 5.93. The minimum absolute atomic E-state index is 0.183. The lowest BCUT2D eigenvalue weighted by atomic mass is 9.66. The summed E-state index contributed by atoms with van der Waals surface area (Å²) in [5, 5.41) is 0. The van der Waals surface area contributed by atoms with Crippen molar-refractivity contribution in [1.29, 1.82) is 0 Å². The average molecular weight is 825 g/mol. The molecule has 1 heterocycles. The second kappa shape index (κ2) is 30.8. The number of hydrogen-bond donors (Lipinski definition) is 0. The van der Waals surface area contributed by atoms with Crippen LogP contribution in [0, 0.1) is 10.8 Å². The number of esters is 4. The van der Waals surface area contributed by atoms with E-state index in [1.54, 1.807) is 0 Å². The van der Waals surface area contributed by atoms with Gasteiger partial charge in [0.05, 0.1) is 5.41 Å². The van der Waals surface area contributed by atoms with E-state index >= 15 is 0 Å². The molecule has 8 nitrogen and oxygen atoms in total. The first-order chi connectivity index (χ1) is 28.5. The molecule has 0 radical (unpaired) electrons. The van der Waals surface area contributed by atoms with Crippen LogP contribution >= 0.6 is 0 Å². The van der Waals surface area contributed by atoms with Crippen molar-refractivity contribution in [3.05, 3.63) is 48.6 Å². The standard InChI is InChI=1S/C51H84O8/c1-6-8-10-12-14-16-18-20-22-23-25-27-29-31-33-35-37-39-46(53)58-44(43-57-48(55)51-41-40-50(5,47(54)59-51)49(51,3)4)42-56-45(52)38-36-34-32-30-28-26-24-21-19-17-15-13-11-9-7-2/h14,16,20,22,25,27,31,33,44H,6-13,15,17-19,21,23-24,26,28-30,32,34-43H2,1-5H3/b16-14-,22-20-,27-25-,33-31-/t44-,50-,51+/m1/s1. The van der Waals surface area contributed by atoms with Crippen molar-refractivity contribution in [3.63, 3.8) is 0 Å². The molecule has 0 unspecified atom stereocenters. The maximum absolute atomic E-state index is 13.5. The Kier molecular flexibility index (Phi) is 27.1. The minimum atomic E-state index is -1.39. The third-order valence-electron chi connectivity index (χ3n) is 12.7. The van der Waals surface area contributed by atoms with E-state index in [4.69, 9.17) is 18.9 Å². The molecule has 0 N–H and O–H groups in total. The Bertz CT molecular complexity index is 1310. The van der Waals surface area contributed by atoms with E-state index < -0.39 is 40.4 Å². The Morgan fingerprint density at radius 3 is 1.49 bits per heavy atom. The van der Waals surface area contributed by atoms with Crippen LogP contribution in [0.2, 0.25) is 0 Å². The fourth-order valence-electron chi connectivity index (χ4n) is 8.17. The van der Waals surface area contributed by atoms with E-state index in [0.717, 1.165) is 44.9 Å². The number of carbonyl (C=O) groups excluding carboxylic acids is 4. The molecule has 59 heavy (non-hydrogen) atoms. The Labute approximate surface area is 359 Å². The highest BCUT2D eigenvalue weighted by Gasteiger charge is 2.76. The average Bonchev–Trinajstić information content (AvgIpc) is 3.51. The number of allylic oxidation sites excluding steroid dienone is 8. The Morgan fingerprint density at radius 1 is 0.559 bits per heavy atom. The number of unbranched alkanes of at least 4 members (excludes halogenated alkanes) is 18. The lowest BCUT2D eigenvalue weighted by Gasteiger charge is -2.34. The van der Waals surface area contributed by atoms with Gasteiger partial charge in [-0.1, -0.05) is 179 Å². The molecule has 0 aromatic carbocycles. The molecular formula is C51H84O8. The summed E-state index contributed by atoms with van der Waals surface area (Å²) in [6.45, 7) is 9.55. The lowest BCUT2D eigenvalue weighted by Crippen LogP contribution is -2.49. The first kappa shape index (κ1) is 52.0. The van der Waals surface area contributed by atoms with Gasteiger partial charge < -0.3 is 18.9 Å². The fraction of sp³-hybridized carbons (Fsp3) is 0.765. The Hall–Kier alpha value is -3.16. The largest absolute Gasteiger partial charge is 0.462 e. The summed E-state index contributed by atoms with van der Waals surface area (Å²) in [5.74, 6) is -1.85. The van der Waals surface area contributed by atoms with Crippen LogP contribution in [0.4, 0.5) is 0 Å². The van der Waals surface area contributed by atoms with Crippen molar-refractivity contribution < 1.29 is 38.1 Å². The van der Waals surface area contributed by atoms with Gasteiger partial charge in [0.1, 0.15) is 13.2 Å². The van der Waals surface area contributed by atoms with Crippen LogP contribution in [0.25, 0.3) is 0 Å². The van der Waals surface area contributed by atoms with Gasteiger partial charge in [0.15, 0.2) is 6.10 Å². The number of hydrogen-bond acceptors (Lipinski definition) is 8. The topological polar surface area (TPSA) is 105 Å². The van der Waals surface area contributed by atoms with E-state index in [1.807, 2.05) is 20.8 Å². The van der Waals surface area contributed by atoms with Crippen LogP contribution in [-0.2, 0) is 38.1 Å². The molecule has 3 atom stereocenters. The summed E-state index contributed by atoms with van der Waals surface area (Å²) in [7, 11) is 0. The van der Waals surface area contributed by atoms with Crippen molar-refractivity contribution in [2.75, 3.05) is 13.2 Å². The normalized spacial score (nSPS) is 20.3. The molecule has 1 aliphatic heterocycles. The molecule has 0 aromatic heterocycles. The third-order valence-corrected chi connectivity index (χ3v) is 12.7. The second-order valence-electron chi connectivity index (χ2n) is 17.7. The molecule has 1 saturated heterocycles. The highest BCUT2D eigenvalue weighted by atomic mass is 16.6. The number of ether oxygens (including phenoxy) is 4. The number of fused-ring (bicyclic) bond motifs is 2. The zero-order valence-electron chi connectivity index (χ0n) is 38.2. The fourth-order valence-corrected chi connectivity index (χ4v) is 8.17. The molecule has 2 aliphatic rings. The van der Waals surface area contributed by atoms with E-state index in [-0.39, 0.29) is 25.6 Å².